The van der Waals surface area contributed by atoms with E-state index in [1.165, 1.54) is 0 Å². The fraction of sp³-hybridized carbons (Fsp3) is 0.333. The number of halogens is 1. The summed E-state index contributed by atoms with van der Waals surface area (Å²) in [6.07, 6.45) is 4.41. The van der Waals surface area contributed by atoms with Crippen LogP contribution in [-0.4, -0.2) is 15.4 Å². The second-order valence-corrected chi connectivity index (χ2v) is 4.77. The first kappa shape index (κ1) is 11.3. The molecule has 2 rings (SSSR count). The lowest BCUT2D eigenvalue weighted by atomic mass is 9.98. The van der Waals surface area contributed by atoms with Crippen molar-refractivity contribution in [2.75, 3.05) is 0 Å². The molecule has 84 valence electrons. The topological polar surface area (TPSA) is 34.4 Å². The van der Waals surface area contributed by atoms with E-state index in [4.69, 9.17) is 0 Å². The van der Waals surface area contributed by atoms with Crippen LogP contribution in [-0.2, 0) is 0 Å². The predicted molar refractivity (Wildman–Crippen MR) is 66.7 cm³/mol. The van der Waals surface area contributed by atoms with Gasteiger partial charge in [0.05, 0.1) is 16.2 Å². The number of hydrogen-bond donors (Lipinski definition) is 0. The maximum Gasteiger partial charge on any atom is 0.165 e. The number of ketones is 1. The first-order valence-corrected chi connectivity index (χ1v) is 6.10. The summed E-state index contributed by atoms with van der Waals surface area (Å²) in [7, 11) is 0. The van der Waals surface area contributed by atoms with Crippen LogP contribution in [0.15, 0.2) is 29.0 Å². The third-order valence-corrected chi connectivity index (χ3v) is 3.43. The molecule has 0 aliphatic rings. The summed E-state index contributed by atoms with van der Waals surface area (Å²) in [5.74, 6) is 0.266. The van der Waals surface area contributed by atoms with Gasteiger partial charge in [0.1, 0.15) is 0 Å². The molecule has 3 nitrogen and oxygen atoms in total. The van der Waals surface area contributed by atoms with Crippen molar-refractivity contribution in [1.82, 2.24) is 9.61 Å². The van der Waals surface area contributed by atoms with Crippen molar-refractivity contribution in [3.63, 3.8) is 0 Å². The van der Waals surface area contributed by atoms with Crippen LogP contribution < -0.4 is 0 Å². The van der Waals surface area contributed by atoms with Crippen LogP contribution in [0.4, 0.5) is 0 Å². The van der Waals surface area contributed by atoms with Crippen LogP contribution in [0.2, 0.25) is 0 Å². The Balaban J connectivity index is 2.46. The highest BCUT2D eigenvalue weighted by Crippen LogP contribution is 2.20. The number of pyridine rings is 1. The minimum Gasteiger partial charge on any atom is -0.294 e. The van der Waals surface area contributed by atoms with Gasteiger partial charge in [-0.25, -0.2) is 4.52 Å². The fourth-order valence-corrected chi connectivity index (χ4v) is 1.96. The second kappa shape index (κ2) is 4.37. The minimum atomic E-state index is 0.0733. The number of carbonyl (C=O) groups is 1. The Morgan fingerprint density at radius 3 is 3.06 bits per heavy atom. The molecule has 0 fully saturated rings. The van der Waals surface area contributed by atoms with E-state index in [2.05, 4.69) is 21.0 Å². The molecule has 0 saturated heterocycles. The van der Waals surface area contributed by atoms with Gasteiger partial charge in [0, 0.05) is 17.7 Å². The Morgan fingerprint density at radius 1 is 1.62 bits per heavy atom. The van der Waals surface area contributed by atoms with Crippen LogP contribution in [0.25, 0.3) is 5.52 Å². The third-order valence-electron chi connectivity index (χ3n) is 2.82. The number of aromatic nitrogens is 2. The Labute approximate surface area is 103 Å². The van der Waals surface area contributed by atoms with Gasteiger partial charge in [0.15, 0.2) is 5.78 Å². The van der Waals surface area contributed by atoms with Gasteiger partial charge in [-0.15, -0.1) is 0 Å². The summed E-state index contributed by atoms with van der Waals surface area (Å²) < 4.78 is 2.66. The zero-order valence-electron chi connectivity index (χ0n) is 9.27. The Hall–Kier alpha value is -1.16. The van der Waals surface area contributed by atoms with Crippen molar-refractivity contribution in [2.24, 2.45) is 5.92 Å². The Kier molecular flexibility index (Phi) is 3.10. The molecule has 0 aliphatic carbocycles. The number of Topliss-reactive ketones (excluding diaryl/α,β-unsaturated/α-hetero) is 1. The van der Waals surface area contributed by atoms with Crippen molar-refractivity contribution < 1.29 is 4.79 Å². The molecule has 1 atom stereocenters. The van der Waals surface area contributed by atoms with E-state index < -0.39 is 0 Å². The maximum absolute atomic E-state index is 12.0. The van der Waals surface area contributed by atoms with Crippen molar-refractivity contribution in [3.8, 4) is 0 Å². The SMILES string of the molecule is CCC(C)C(=O)c1ccn2ncc(Br)c2c1. The molecule has 0 radical (unpaired) electrons. The fourth-order valence-electron chi connectivity index (χ4n) is 1.57. The lowest BCUT2D eigenvalue weighted by molar-refractivity contribution is 0.0927. The van der Waals surface area contributed by atoms with Gasteiger partial charge >= 0.3 is 0 Å². The van der Waals surface area contributed by atoms with Crippen LogP contribution in [0.3, 0.4) is 0 Å². The van der Waals surface area contributed by atoms with Gasteiger partial charge in [0.2, 0.25) is 0 Å². The van der Waals surface area contributed by atoms with E-state index in [0.29, 0.717) is 0 Å². The number of carbonyl (C=O) groups excluding carboxylic acids is 1. The predicted octanol–water partition coefficient (Wildman–Crippen LogP) is 3.33. The van der Waals surface area contributed by atoms with E-state index in [0.717, 1.165) is 22.0 Å². The van der Waals surface area contributed by atoms with Gasteiger partial charge in [-0.2, -0.15) is 5.10 Å². The highest BCUT2D eigenvalue weighted by Gasteiger charge is 2.14. The van der Waals surface area contributed by atoms with Crippen molar-refractivity contribution in [3.05, 3.63) is 34.6 Å². The van der Waals surface area contributed by atoms with Crippen LogP contribution in [0.5, 0.6) is 0 Å². The van der Waals surface area contributed by atoms with E-state index in [1.54, 1.807) is 10.7 Å². The van der Waals surface area contributed by atoms with E-state index in [1.807, 2.05) is 32.2 Å². The second-order valence-electron chi connectivity index (χ2n) is 3.91. The maximum atomic E-state index is 12.0. The summed E-state index contributed by atoms with van der Waals surface area (Å²) in [6, 6.07) is 3.70. The first-order valence-electron chi connectivity index (χ1n) is 5.30. The minimum absolute atomic E-state index is 0.0733. The van der Waals surface area contributed by atoms with Crippen molar-refractivity contribution in [1.29, 1.82) is 0 Å². The molecule has 0 aromatic carbocycles. The van der Waals surface area contributed by atoms with Crippen molar-refractivity contribution >= 4 is 27.2 Å². The number of nitrogens with zero attached hydrogens (tertiary/aromatic N) is 2. The molecule has 2 aromatic rings. The van der Waals surface area contributed by atoms with Crippen LogP contribution >= 0.6 is 15.9 Å². The highest BCUT2D eigenvalue weighted by molar-refractivity contribution is 9.10. The summed E-state index contributed by atoms with van der Waals surface area (Å²) in [5, 5.41) is 4.14. The molecule has 2 heterocycles. The molecule has 0 aliphatic heterocycles. The van der Waals surface area contributed by atoms with Crippen molar-refractivity contribution in [2.45, 2.75) is 20.3 Å². The average Bonchev–Trinajstić information content (AvgIpc) is 2.68. The smallest absolute Gasteiger partial charge is 0.165 e. The lowest BCUT2D eigenvalue weighted by Crippen LogP contribution is -2.10. The standard InChI is InChI=1S/C12H13BrN2O/c1-3-8(2)12(16)9-4-5-15-11(6-9)10(13)7-14-15/h4-8H,3H2,1-2H3. The molecule has 16 heavy (non-hydrogen) atoms. The third kappa shape index (κ3) is 1.89. The van der Waals surface area contributed by atoms with Gasteiger partial charge in [0.25, 0.3) is 0 Å². The quantitative estimate of drug-likeness (QED) is 0.809. The Bertz CT molecular complexity index is 533. The summed E-state index contributed by atoms with van der Waals surface area (Å²) in [5.41, 5.74) is 1.68. The van der Waals surface area contributed by atoms with E-state index >= 15 is 0 Å². The number of fused-ring (bicyclic) bond motifs is 1. The molecule has 2 aromatic heterocycles. The monoisotopic (exact) mass is 280 g/mol. The number of hydrogen-bond acceptors (Lipinski definition) is 2. The summed E-state index contributed by atoms with van der Waals surface area (Å²) in [6.45, 7) is 3.98. The molecule has 0 bridgehead atoms. The summed E-state index contributed by atoms with van der Waals surface area (Å²) >= 11 is 3.41. The van der Waals surface area contributed by atoms with E-state index in [9.17, 15) is 4.79 Å². The normalized spacial score (nSPS) is 12.9. The zero-order valence-corrected chi connectivity index (χ0v) is 10.9. The van der Waals surface area contributed by atoms with E-state index in [-0.39, 0.29) is 11.7 Å². The highest BCUT2D eigenvalue weighted by atomic mass is 79.9. The van der Waals surface area contributed by atoms with Crippen LogP contribution in [0.1, 0.15) is 30.6 Å². The number of rotatable bonds is 3. The molecule has 0 saturated carbocycles. The Morgan fingerprint density at radius 2 is 2.38 bits per heavy atom. The zero-order chi connectivity index (χ0) is 11.7. The molecule has 0 spiro atoms. The molecule has 1 unspecified atom stereocenters. The molecular formula is C12H13BrN2O. The van der Waals surface area contributed by atoms with Gasteiger partial charge < -0.3 is 0 Å². The largest absolute Gasteiger partial charge is 0.294 e. The average molecular weight is 281 g/mol. The van der Waals surface area contributed by atoms with Gasteiger partial charge in [-0.05, 0) is 34.5 Å². The molecule has 0 N–H and O–H groups in total. The molecular weight excluding hydrogens is 268 g/mol. The van der Waals surface area contributed by atoms with Gasteiger partial charge in [-0.1, -0.05) is 13.8 Å². The molecule has 4 heteroatoms. The van der Waals surface area contributed by atoms with Crippen LogP contribution in [0, 0.1) is 5.92 Å². The molecule has 0 amide bonds. The van der Waals surface area contributed by atoms with Gasteiger partial charge in [-0.3, -0.25) is 4.79 Å². The lowest BCUT2D eigenvalue weighted by Gasteiger charge is -2.07. The first-order chi connectivity index (χ1) is 7.63. The summed E-state index contributed by atoms with van der Waals surface area (Å²) in [4.78, 5) is 12.0.